The standard InChI is InChI=1S/C13H17NO2/c1-16-13(15)12-6-4-11(5-7-12)9-14-8-10-2-3-10/h4-7,10,14H,2-3,8-9H2,1H3. The third-order valence-corrected chi connectivity index (χ3v) is 2.83. The number of rotatable bonds is 5. The van der Waals surface area contributed by atoms with E-state index in [2.05, 4.69) is 10.1 Å². The Bertz CT molecular complexity index is 355. The molecule has 0 spiro atoms. The normalized spacial score (nSPS) is 14.8. The minimum atomic E-state index is -0.280. The highest BCUT2D eigenvalue weighted by molar-refractivity contribution is 5.89. The number of nitrogens with one attached hydrogen (secondary N) is 1. The summed E-state index contributed by atoms with van der Waals surface area (Å²) in [5, 5.41) is 3.41. The van der Waals surface area contributed by atoms with E-state index in [0.717, 1.165) is 19.0 Å². The number of benzene rings is 1. The van der Waals surface area contributed by atoms with E-state index in [1.807, 2.05) is 12.1 Å². The summed E-state index contributed by atoms with van der Waals surface area (Å²) >= 11 is 0. The van der Waals surface area contributed by atoms with Crippen LogP contribution in [-0.2, 0) is 11.3 Å². The van der Waals surface area contributed by atoms with Crippen molar-refractivity contribution in [3.63, 3.8) is 0 Å². The fraction of sp³-hybridized carbons (Fsp3) is 0.462. The zero-order valence-electron chi connectivity index (χ0n) is 9.53. The van der Waals surface area contributed by atoms with E-state index in [1.165, 1.54) is 25.5 Å². The summed E-state index contributed by atoms with van der Waals surface area (Å²) in [5.41, 5.74) is 1.81. The number of methoxy groups -OCH3 is 1. The number of ether oxygens (including phenoxy) is 1. The predicted octanol–water partition coefficient (Wildman–Crippen LogP) is 1.97. The van der Waals surface area contributed by atoms with Crippen molar-refractivity contribution < 1.29 is 9.53 Å². The second-order valence-electron chi connectivity index (χ2n) is 4.26. The summed E-state index contributed by atoms with van der Waals surface area (Å²) in [7, 11) is 1.40. The summed E-state index contributed by atoms with van der Waals surface area (Å²) in [4.78, 5) is 11.2. The molecule has 0 aliphatic heterocycles. The van der Waals surface area contributed by atoms with Gasteiger partial charge in [-0.25, -0.2) is 4.79 Å². The maximum atomic E-state index is 11.2. The highest BCUT2D eigenvalue weighted by Gasteiger charge is 2.20. The quantitative estimate of drug-likeness (QED) is 0.769. The molecule has 1 N–H and O–H groups in total. The van der Waals surface area contributed by atoms with E-state index < -0.39 is 0 Å². The number of carbonyl (C=O) groups is 1. The summed E-state index contributed by atoms with van der Waals surface area (Å²) in [6.45, 7) is 1.98. The molecule has 1 aliphatic rings. The van der Waals surface area contributed by atoms with Gasteiger partial charge in [0.15, 0.2) is 0 Å². The van der Waals surface area contributed by atoms with E-state index in [4.69, 9.17) is 0 Å². The van der Waals surface area contributed by atoms with Crippen molar-refractivity contribution in [2.24, 2.45) is 5.92 Å². The zero-order valence-corrected chi connectivity index (χ0v) is 9.53. The van der Waals surface area contributed by atoms with Gasteiger partial charge in [0.1, 0.15) is 0 Å². The van der Waals surface area contributed by atoms with Crippen molar-refractivity contribution in [2.75, 3.05) is 13.7 Å². The van der Waals surface area contributed by atoms with E-state index >= 15 is 0 Å². The van der Waals surface area contributed by atoms with Crippen LogP contribution in [0.25, 0.3) is 0 Å². The first-order chi connectivity index (χ1) is 7.79. The molecule has 0 heterocycles. The van der Waals surface area contributed by atoms with Gasteiger partial charge in [0, 0.05) is 6.54 Å². The molecule has 1 aromatic rings. The first kappa shape index (κ1) is 11.1. The summed E-state index contributed by atoms with van der Waals surface area (Å²) in [5.74, 6) is 0.617. The average molecular weight is 219 g/mol. The number of esters is 1. The van der Waals surface area contributed by atoms with Gasteiger partial charge in [-0.2, -0.15) is 0 Å². The van der Waals surface area contributed by atoms with Crippen LogP contribution in [0.1, 0.15) is 28.8 Å². The summed E-state index contributed by atoms with van der Waals surface area (Å²) < 4.78 is 4.64. The fourth-order valence-corrected chi connectivity index (χ4v) is 1.62. The molecule has 1 saturated carbocycles. The highest BCUT2D eigenvalue weighted by atomic mass is 16.5. The minimum Gasteiger partial charge on any atom is -0.465 e. The van der Waals surface area contributed by atoms with Gasteiger partial charge in [-0.1, -0.05) is 12.1 Å². The van der Waals surface area contributed by atoms with Gasteiger partial charge in [-0.15, -0.1) is 0 Å². The van der Waals surface area contributed by atoms with Gasteiger partial charge < -0.3 is 10.1 Å². The lowest BCUT2D eigenvalue weighted by molar-refractivity contribution is 0.0600. The largest absolute Gasteiger partial charge is 0.465 e. The Morgan fingerprint density at radius 1 is 1.38 bits per heavy atom. The molecule has 86 valence electrons. The molecule has 0 aromatic heterocycles. The smallest absolute Gasteiger partial charge is 0.337 e. The lowest BCUT2D eigenvalue weighted by atomic mass is 10.1. The average Bonchev–Trinajstić information content (AvgIpc) is 3.13. The zero-order chi connectivity index (χ0) is 11.4. The van der Waals surface area contributed by atoms with E-state index in [9.17, 15) is 4.79 Å². The van der Waals surface area contributed by atoms with Crippen LogP contribution in [0, 0.1) is 5.92 Å². The monoisotopic (exact) mass is 219 g/mol. The van der Waals surface area contributed by atoms with Gasteiger partial charge in [0.05, 0.1) is 12.7 Å². The SMILES string of the molecule is COC(=O)c1ccc(CNCC2CC2)cc1. The molecule has 0 saturated heterocycles. The molecule has 0 bridgehead atoms. The fourth-order valence-electron chi connectivity index (χ4n) is 1.62. The Hall–Kier alpha value is -1.35. The molecular formula is C13H17NO2. The molecule has 0 amide bonds. The molecule has 3 heteroatoms. The Morgan fingerprint density at radius 3 is 2.62 bits per heavy atom. The molecule has 16 heavy (non-hydrogen) atoms. The van der Waals surface area contributed by atoms with Crippen LogP contribution in [0.4, 0.5) is 0 Å². The Labute approximate surface area is 95.8 Å². The molecule has 0 atom stereocenters. The van der Waals surface area contributed by atoms with Crippen molar-refractivity contribution in [1.82, 2.24) is 5.32 Å². The Morgan fingerprint density at radius 2 is 2.06 bits per heavy atom. The molecule has 0 radical (unpaired) electrons. The highest BCUT2D eigenvalue weighted by Crippen LogP contribution is 2.27. The number of hydrogen-bond acceptors (Lipinski definition) is 3. The van der Waals surface area contributed by atoms with Crippen LogP contribution in [0.15, 0.2) is 24.3 Å². The minimum absolute atomic E-state index is 0.280. The second-order valence-corrected chi connectivity index (χ2v) is 4.26. The van der Waals surface area contributed by atoms with Gasteiger partial charge >= 0.3 is 5.97 Å². The lowest BCUT2D eigenvalue weighted by Crippen LogP contribution is -2.16. The molecule has 3 nitrogen and oxygen atoms in total. The van der Waals surface area contributed by atoms with Gasteiger partial charge in [0.25, 0.3) is 0 Å². The van der Waals surface area contributed by atoms with Crippen LogP contribution < -0.4 is 5.32 Å². The molecule has 1 fully saturated rings. The van der Waals surface area contributed by atoms with Gasteiger partial charge in [-0.3, -0.25) is 0 Å². The predicted molar refractivity (Wildman–Crippen MR) is 62.2 cm³/mol. The molecular weight excluding hydrogens is 202 g/mol. The Balaban J connectivity index is 1.83. The topological polar surface area (TPSA) is 38.3 Å². The van der Waals surface area contributed by atoms with Crippen LogP contribution in [-0.4, -0.2) is 19.6 Å². The third-order valence-electron chi connectivity index (χ3n) is 2.83. The third kappa shape index (κ3) is 3.07. The van der Waals surface area contributed by atoms with Crippen LogP contribution in [0.5, 0.6) is 0 Å². The van der Waals surface area contributed by atoms with Gasteiger partial charge in [0.2, 0.25) is 0 Å². The van der Waals surface area contributed by atoms with Crippen LogP contribution in [0.3, 0.4) is 0 Å². The molecule has 2 rings (SSSR count). The maximum absolute atomic E-state index is 11.2. The second kappa shape index (κ2) is 5.12. The van der Waals surface area contributed by atoms with Crippen molar-refractivity contribution in [2.45, 2.75) is 19.4 Å². The first-order valence-corrected chi connectivity index (χ1v) is 5.67. The van der Waals surface area contributed by atoms with Crippen molar-refractivity contribution in [1.29, 1.82) is 0 Å². The molecule has 0 unspecified atom stereocenters. The molecule has 1 aromatic carbocycles. The number of carbonyl (C=O) groups excluding carboxylic acids is 1. The summed E-state index contributed by atoms with van der Waals surface area (Å²) in [6.07, 6.45) is 2.74. The van der Waals surface area contributed by atoms with Crippen molar-refractivity contribution in [3.05, 3.63) is 35.4 Å². The summed E-state index contributed by atoms with van der Waals surface area (Å²) in [6, 6.07) is 7.54. The van der Waals surface area contributed by atoms with E-state index in [-0.39, 0.29) is 5.97 Å². The molecule has 1 aliphatic carbocycles. The van der Waals surface area contributed by atoms with Crippen LogP contribution >= 0.6 is 0 Å². The van der Waals surface area contributed by atoms with E-state index in [1.54, 1.807) is 12.1 Å². The van der Waals surface area contributed by atoms with E-state index in [0.29, 0.717) is 5.56 Å². The van der Waals surface area contributed by atoms with Crippen molar-refractivity contribution >= 4 is 5.97 Å². The number of hydrogen-bond donors (Lipinski definition) is 1. The maximum Gasteiger partial charge on any atom is 0.337 e. The van der Waals surface area contributed by atoms with Crippen LogP contribution in [0.2, 0.25) is 0 Å². The van der Waals surface area contributed by atoms with Crippen molar-refractivity contribution in [3.8, 4) is 0 Å². The first-order valence-electron chi connectivity index (χ1n) is 5.67. The van der Waals surface area contributed by atoms with Gasteiger partial charge in [-0.05, 0) is 43.0 Å². The lowest BCUT2D eigenvalue weighted by Gasteiger charge is -2.04. The Kier molecular flexibility index (Phi) is 3.57.